The van der Waals surface area contributed by atoms with E-state index in [-0.39, 0.29) is 5.57 Å². The van der Waals surface area contributed by atoms with Gasteiger partial charge in [0.25, 0.3) is 0 Å². The van der Waals surface area contributed by atoms with E-state index in [4.69, 9.17) is 26.9 Å². The van der Waals surface area contributed by atoms with Crippen molar-refractivity contribution in [3.05, 3.63) is 35.0 Å². The van der Waals surface area contributed by atoms with Crippen molar-refractivity contribution < 1.29 is 4.74 Å². The van der Waals surface area contributed by atoms with E-state index in [1.54, 1.807) is 30.3 Å². The predicted molar refractivity (Wildman–Crippen MR) is 85.6 cm³/mol. The number of nitrogens with one attached hydrogen (secondary N) is 1. The number of benzene rings is 1. The minimum absolute atomic E-state index is 0.00191. The fourth-order valence-electron chi connectivity index (χ4n) is 2.24. The van der Waals surface area contributed by atoms with Gasteiger partial charge in [-0.1, -0.05) is 11.6 Å². The zero-order chi connectivity index (χ0) is 15.8. The topological polar surface area (TPSA) is 72.1 Å². The van der Waals surface area contributed by atoms with Crippen molar-refractivity contribution in [2.24, 2.45) is 0 Å². The van der Waals surface area contributed by atoms with Crippen molar-refractivity contribution in [1.82, 2.24) is 4.90 Å². The van der Waals surface area contributed by atoms with Crippen molar-refractivity contribution in [3.63, 3.8) is 0 Å². The second-order valence-electron chi connectivity index (χ2n) is 4.97. The Morgan fingerprint density at radius 2 is 2.05 bits per heavy atom. The van der Waals surface area contributed by atoms with Gasteiger partial charge in [0.05, 0.1) is 5.02 Å². The van der Waals surface area contributed by atoms with E-state index < -0.39 is 0 Å². The molecule has 114 valence electrons. The Hall–Kier alpha value is -2.21. The van der Waals surface area contributed by atoms with Gasteiger partial charge in [-0.25, -0.2) is 0 Å². The standard InChI is InChI=1S/C16H17ClN4O/c17-15-9-14(20-12-13(10-18)11-19)3-4-16(15)22-8-7-21-5-1-2-6-21/h3-4,9,12,20H,1-2,5-8H2. The average molecular weight is 317 g/mol. The number of likely N-dealkylation sites (tertiary alicyclic amines) is 1. The molecule has 0 atom stereocenters. The van der Waals surface area contributed by atoms with Crippen LogP contribution in [0.3, 0.4) is 0 Å². The van der Waals surface area contributed by atoms with E-state index in [0.717, 1.165) is 19.6 Å². The lowest BCUT2D eigenvalue weighted by Gasteiger charge is -2.15. The van der Waals surface area contributed by atoms with Crippen molar-refractivity contribution in [3.8, 4) is 17.9 Å². The fraction of sp³-hybridized carbons (Fsp3) is 0.375. The predicted octanol–water partition coefficient (Wildman–Crippen LogP) is 3.16. The first kappa shape index (κ1) is 16.2. The lowest BCUT2D eigenvalue weighted by atomic mass is 10.3. The minimum Gasteiger partial charge on any atom is -0.491 e. The number of nitrogens with zero attached hydrogens (tertiary/aromatic N) is 3. The van der Waals surface area contributed by atoms with Crippen molar-refractivity contribution in [1.29, 1.82) is 10.5 Å². The summed E-state index contributed by atoms with van der Waals surface area (Å²) in [5.41, 5.74) is 0.696. The van der Waals surface area contributed by atoms with E-state index in [2.05, 4.69) is 10.2 Å². The molecule has 0 unspecified atom stereocenters. The van der Waals surface area contributed by atoms with Crippen LogP contribution in [0.1, 0.15) is 12.8 Å². The van der Waals surface area contributed by atoms with Gasteiger partial charge in [-0.15, -0.1) is 0 Å². The SMILES string of the molecule is N#CC(C#N)=CNc1ccc(OCCN2CCCC2)c(Cl)c1. The van der Waals surface area contributed by atoms with Crippen molar-refractivity contribution in [2.45, 2.75) is 12.8 Å². The van der Waals surface area contributed by atoms with Crippen molar-refractivity contribution >= 4 is 17.3 Å². The van der Waals surface area contributed by atoms with Gasteiger partial charge in [0, 0.05) is 18.4 Å². The van der Waals surface area contributed by atoms with Gasteiger partial charge in [-0.2, -0.15) is 10.5 Å². The number of hydrogen-bond donors (Lipinski definition) is 1. The number of halogens is 1. The number of rotatable bonds is 6. The summed E-state index contributed by atoms with van der Waals surface area (Å²) in [5.74, 6) is 0.635. The molecule has 1 N–H and O–H groups in total. The second-order valence-corrected chi connectivity index (χ2v) is 5.38. The van der Waals surface area contributed by atoms with Crippen LogP contribution in [0.5, 0.6) is 5.75 Å². The van der Waals surface area contributed by atoms with E-state index in [1.165, 1.54) is 19.0 Å². The minimum atomic E-state index is 0.00191. The highest BCUT2D eigenvalue weighted by Crippen LogP contribution is 2.27. The highest BCUT2D eigenvalue weighted by Gasteiger charge is 2.11. The van der Waals surface area contributed by atoms with Crippen LogP contribution in [0, 0.1) is 22.7 Å². The number of nitriles is 2. The molecule has 1 aromatic carbocycles. The van der Waals surface area contributed by atoms with E-state index in [9.17, 15) is 0 Å². The molecular weight excluding hydrogens is 300 g/mol. The molecule has 0 aromatic heterocycles. The molecule has 0 saturated carbocycles. The molecule has 1 aromatic rings. The molecule has 0 aliphatic carbocycles. The van der Waals surface area contributed by atoms with Gasteiger partial charge < -0.3 is 10.1 Å². The summed E-state index contributed by atoms with van der Waals surface area (Å²) in [6, 6.07) is 8.83. The molecule has 6 heteroatoms. The highest BCUT2D eigenvalue weighted by molar-refractivity contribution is 6.32. The Balaban J connectivity index is 1.88. The summed E-state index contributed by atoms with van der Waals surface area (Å²) in [6.45, 7) is 3.81. The molecule has 2 rings (SSSR count). The van der Waals surface area contributed by atoms with Crippen LogP contribution in [0.2, 0.25) is 5.02 Å². The van der Waals surface area contributed by atoms with E-state index >= 15 is 0 Å². The largest absolute Gasteiger partial charge is 0.491 e. The number of anilines is 1. The normalized spacial score (nSPS) is 14.0. The molecule has 1 aliphatic rings. The highest BCUT2D eigenvalue weighted by atomic mass is 35.5. The maximum absolute atomic E-state index is 8.66. The van der Waals surface area contributed by atoms with E-state index in [1.807, 2.05) is 0 Å². The van der Waals surface area contributed by atoms with Crippen LogP contribution in [-0.4, -0.2) is 31.1 Å². The molecule has 1 aliphatic heterocycles. The molecular formula is C16H17ClN4O. The Kier molecular flexibility index (Phi) is 6.09. The molecule has 0 spiro atoms. The maximum atomic E-state index is 8.66. The number of allylic oxidation sites excluding steroid dienone is 1. The Bertz CT molecular complexity index is 608. The zero-order valence-electron chi connectivity index (χ0n) is 12.2. The van der Waals surface area contributed by atoms with Crippen LogP contribution in [-0.2, 0) is 0 Å². The Labute approximate surface area is 135 Å². The first-order chi connectivity index (χ1) is 10.7. The summed E-state index contributed by atoms with van der Waals surface area (Å²) < 4.78 is 5.70. The molecule has 1 fully saturated rings. The van der Waals surface area contributed by atoms with Crippen molar-refractivity contribution in [2.75, 3.05) is 31.6 Å². The molecule has 5 nitrogen and oxygen atoms in total. The number of hydrogen-bond acceptors (Lipinski definition) is 5. The van der Waals surface area contributed by atoms with Gasteiger partial charge >= 0.3 is 0 Å². The lowest BCUT2D eigenvalue weighted by Crippen LogP contribution is -2.25. The van der Waals surface area contributed by atoms with Crippen LogP contribution in [0.15, 0.2) is 30.0 Å². The summed E-state index contributed by atoms with van der Waals surface area (Å²) in [5, 5.41) is 20.7. The second kappa shape index (κ2) is 8.29. The summed E-state index contributed by atoms with van der Waals surface area (Å²) in [6.07, 6.45) is 3.88. The fourth-order valence-corrected chi connectivity index (χ4v) is 2.48. The molecule has 1 saturated heterocycles. The van der Waals surface area contributed by atoms with Gasteiger partial charge in [0.2, 0.25) is 0 Å². The third-order valence-corrected chi connectivity index (χ3v) is 3.72. The smallest absolute Gasteiger partial charge is 0.145 e. The van der Waals surface area contributed by atoms with Crippen LogP contribution < -0.4 is 10.1 Å². The quantitative estimate of drug-likeness (QED) is 0.816. The van der Waals surface area contributed by atoms with Crippen LogP contribution >= 0.6 is 11.6 Å². The average Bonchev–Trinajstić information content (AvgIpc) is 3.03. The third-order valence-electron chi connectivity index (χ3n) is 3.42. The first-order valence-electron chi connectivity index (χ1n) is 7.14. The maximum Gasteiger partial charge on any atom is 0.145 e. The Morgan fingerprint density at radius 1 is 1.32 bits per heavy atom. The summed E-state index contributed by atoms with van der Waals surface area (Å²) in [4.78, 5) is 2.37. The lowest BCUT2D eigenvalue weighted by molar-refractivity contribution is 0.238. The third kappa shape index (κ3) is 4.66. The number of ether oxygens (including phenoxy) is 1. The van der Waals surface area contributed by atoms with Crippen LogP contribution in [0.4, 0.5) is 5.69 Å². The molecule has 0 amide bonds. The molecule has 22 heavy (non-hydrogen) atoms. The zero-order valence-corrected chi connectivity index (χ0v) is 12.9. The first-order valence-corrected chi connectivity index (χ1v) is 7.52. The van der Waals surface area contributed by atoms with Gasteiger partial charge in [0.15, 0.2) is 0 Å². The molecule has 0 radical (unpaired) electrons. The van der Waals surface area contributed by atoms with Gasteiger partial charge in [-0.05, 0) is 44.1 Å². The summed E-state index contributed by atoms with van der Waals surface area (Å²) in [7, 11) is 0. The monoisotopic (exact) mass is 316 g/mol. The Morgan fingerprint density at radius 3 is 2.68 bits per heavy atom. The molecule has 0 bridgehead atoms. The van der Waals surface area contributed by atoms with E-state index in [0.29, 0.717) is 23.1 Å². The van der Waals surface area contributed by atoms with Gasteiger partial charge in [-0.3, -0.25) is 4.90 Å². The van der Waals surface area contributed by atoms with Crippen LogP contribution in [0.25, 0.3) is 0 Å². The summed E-state index contributed by atoms with van der Waals surface area (Å²) >= 11 is 6.18. The van der Waals surface area contributed by atoms with Gasteiger partial charge in [0.1, 0.15) is 30.1 Å². The molecule has 1 heterocycles.